The second-order valence-corrected chi connectivity index (χ2v) is 9.27. The number of aromatic nitrogens is 2. The van der Waals surface area contributed by atoms with Crippen LogP contribution in [0.15, 0.2) is 5.70 Å². The minimum Gasteiger partial charge on any atom is -0.477 e. The number of carbonyl (C=O) groups excluding carboxylic acids is 3. The Kier molecular flexibility index (Phi) is 5.75. The number of fused-ring (bicyclic) bond motifs is 1. The van der Waals surface area contributed by atoms with Gasteiger partial charge in [0, 0.05) is 24.3 Å². The van der Waals surface area contributed by atoms with Crippen molar-refractivity contribution in [2.75, 3.05) is 17.6 Å². The van der Waals surface area contributed by atoms with Gasteiger partial charge >= 0.3 is 5.97 Å². The average Bonchev–Trinajstić information content (AvgIpc) is 3.10. The van der Waals surface area contributed by atoms with Crippen molar-refractivity contribution in [1.82, 2.24) is 25.7 Å². The van der Waals surface area contributed by atoms with Crippen LogP contribution in [0.1, 0.15) is 31.2 Å². The van der Waals surface area contributed by atoms with E-state index in [1.807, 2.05) is 0 Å². The molecule has 0 radical (unpaired) electrons. The number of nitrogens with one attached hydrogen (secondary N) is 3. The maximum absolute atomic E-state index is 12.7. The van der Waals surface area contributed by atoms with Gasteiger partial charge in [-0.15, -0.1) is 22.0 Å². The molecule has 1 unspecified atom stereocenters. The summed E-state index contributed by atoms with van der Waals surface area (Å²) in [7, 11) is 0. The molecule has 13 heteroatoms. The predicted octanol–water partition coefficient (Wildman–Crippen LogP) is -0.166. The zero-order valence-corrected chi connectivity index (χ0v) is 17.6. The number of carbonyl (C=O) groups is 4. The topological polar surface area (TPSA) is 154 Å². The molecular weight excluding hydrogens is 432 g/mol. The molecule has 0 spiro atoms. The van der Waals surface area contributed by atoms with Gasteiger partial charge in [0.05, 0.1) is 6.54 Å². The Morgan fingerprint density at radius 2 is 2.03 bits per heavy atom. The molecule has 3 amide bonds. The molecule has 1 aromatic heterocycles. The van der Waals surface area contributed by atoms with Gasteiger partial charge in [0.1, 0.15) is 22.1 Å². The molecule has 30 heavy (non-hydrogen) atoms. The van der Waals surface area contributed by atoms with Gasteiger partial charge in [-0.2, -0.15) is 0 Å². The summed E-state index contributed by atoms with van der Waals surface area (Å²) in [6, 6.07) is -0.405. The van der Waals surface area contributed by atoms with Crippen molar-refractivity contribution in [3.63, 3.8) is 0 Å². The van der Waals surface area contributed by atoms with Crippen LogP contribution >= 0.6 is 23.1 Å². The van der Waals surface area contributed by atoms with E-state index in [-0.39, 0.29) is 34.9 Å². The molecule has 1 saturated carbocycles. The lowest BCUT2D eigenvalue weighted by Gasteiger charge is -2.49. The molecule has 2 fully saturated rings. The number of rotatable bonds is 7. The van der Waals surface area contributed by atoms with Gasteiger partial charge in [-0.3, -0.25) is 19.3 Å². The Morgan fingerprint density at radius 3 is 2.67 bits per heavy atom. The summed E-state index contributed by atoms with van der Waals surface area (Å²) >= 11 is 2.40. The third kappa shape index (κ3) is 3.91. The van der Waals surface area contributed by atoms with Crippen molar-refractivity contribution >= 4 is 57.5 Å². The van der Waals surface area contributed by atoms with E-state index in [2.05, 4.69) is 26.1 Å². The third-order valence-electron chi connectivity index (χ3n) is 5.11. The first kappa shape index (κ1) is 20.8. The largest absolute Gasteiger partial charge is 0.477 e. The molecule has 0 bridgehead atoms. The fraction of sp³-hybridized carbons (Fsp3) is 0.529. The highest BCUT2D eigenvalue weighted by Crippen LogP contribution is 2.44. The number of β-lactam (4-membered cyclic amide) rings is 1. The highest BCUT2D eigenvalue weighted by atomic mass is 32.2. The van der Waals surface area contributed by atoms with Crippen LogP contribution in [0.3, 0.4) is 0 Å². The van der Waals surface area contributed by atoms with E-state index in [9.17, 15) is 24.3 Å². The summed E-state index contributed by atoms with van der Waals surface area (Å²) in [5.74, 6) is -2.03. The molecule has 160 valence electrons. The molecule has 11 nitrogen and oxygen atoms in total. The molecule has 3 heterocycles. The minimum absolute atomic E-state index is 0.134. The molecule has 1 aliphatic carbocycles. The molecule has 4 N–H and O–H groups in total. The second kappa shape index (κ2) is 8.32. The smallest absolute Gasteiger partial charge is 0.353 e. The number of carboxylic acid groups (broad SMARTS) is 1. The lowest BCUT2D eigenvalue weighted by atomic mass is 9.93. The summed E-state index contributed by atoms with van der Waals surface area (Å²) in [5, 5.41) is 26.0. The van der Waals surface area contributed by atoms with Crippen molar-refractivity contribution in [3.8, 4) is 0 Å². The number of nitrogens with zero attached hydrogens (tertiary/aromatic N) is 3. The fourth-order valence-corrected chi connectivity index (χ4v) is 5.67. The Balaban J connectivity index is 1.47. The van der Waals surface area contributed by atoms with Crippen LogP contribution in [0.2, 0.25) is 0 Å². The van der Waals surface area contributed by atoms with Crippen LogP contribution in [0.5, 0.6) is 0 Å². The summed E-state index contributed by atoms with van der Waals surface area (Å²) in [6.45, 7) is 1.47. The van der Waals surface area contributed by atoms with Crippen molar-refractivity contribution in [2.45, 2.75) is 43.6 Å². The Morgan fingerprint density at radius 1 is 1.27 bits per heavy atom. The minimum atomic E-state index is -1.25. The SMILES string of the molecule is CC(=O)Nc1nnc(C2=C(C(=O)O)N3C(=O)C(NC(=O)CNC4CCC4)[C@H]3SC2)s1. The van der Waals surface area contributed by atoms with Crippen LogP contribution in [-0.4, -0.2) is 73.6 Å². The second-order valence-electron chi connectivity index (χ2n) is 7.19. The first-order chi connectivity index (χ1) is 14.3. The van der Waals surface area contributed by atoms with E-state index in [0.717, 1.165) is 30.6 Å². The molecule has 1 saturated heterocycles. The molecule has 1 aromatic rings. The van der Waals surface area contributed by atoms with Crippen molar-refractivity contribution < 1.29 is 24.3 Å². The number of carboxylic acids is 1. The van der Waals surface area contributed by atoms with Crippen LogP contribution < -0.4 is 16.0 Å². The van der Waals surface area contributed by atoms with Crippen molar-refractivity contribution in [2.24, 2.45) is 0 Å². The van der Waals surface area contributed by atoms with E-state index in [0.29, 0.717) is 16.6 Å². The molecule has 2 aliphatic heterocycles. The first-order valence-electron chi connectivity index (χ1n) is 9.40. The van der Waals surface area contributed by atoms with Crippen LogP contribution in [0.4, 0.5) is 5.13 Å². The van der Waals surface area contributed by atoms with E-state index in [1.165, 1.54) is 23.6 Å². The normalized spacial score (nSPS) is 23.4. The van der Waals surface area contributed by atoms with Crippen LogP contribution in [-0.2, 0) is 19.2 Å². The van der Waals surface area contributed by atoms with Crippen LogP contribution in [0.25, 0.3) is 5.57 Å². The summed E-state index contributed by atoms with van der Waals surface area (Å²) in [6.07, 6.45) is 3.25. The van der Waals surface area contributed by atoms with E-state index in [4.69, 9.17) is 0 Å². The van der Waals surface area contributed by atoms with Gasteiger partial charge in [0.25, 0.3) is 5.91 Å². The standard InChI is InChI=1S/C17H20N6O5S2/c1-7(24)19-17-22-21-13(30-17)9-6-29-15-11(14(26)23(15)12(9)16(27)28)20-10(25)5-18-8-3-2-4-8/h8,11,15,18H,2-6H2,1H3,(H,20,25)(H,27,28)(H,19,22,24)/t11?,15-/m1/s1. The van der Waals surface area contributed by atoms with Gasteiger partial charge in [-0.25, -0.2) is 4.79 Å². The summed E-state index contributed by atoms with van der Waals surface area (Å²) in [5.41, 5.74) is 0.204. The number of amides is 3. The zero-order valence-electron chi connectivity index (χ0n) is 16.0. The predicted molar refractivity (Wildman–Crippen MR) is 109 cm³/mol. The molecule has 3 aliphatic rings. The van der Waals surface area contributed by atoms with Crippen molar-refractivity contribution in [3.05, 3.63) is 10.7 Å². The van der Waals surface area contributed by atoms with Gasteiger partial charge < -0.3 is 21.1 Å². The Labute approximate surface area is 179 Å². The molecule has 2 atom stereocenters. The van der Waals surface area contributed by atoms with Gasteiger partial charge in [-0.05, 0) is 12.8 Å². The van der Waals surface area contributed by atoms with E-state index in [1.54, 1.807) is 0 Å². The maximum Gasteiger partial charge on any atom is 0.353 e. The lowest BCUT2D eigenvalue weighted by molar-refractivity contribution is -0.150. The zero-order chi connectivity index (χ0) is 21.4. The average molecular weight is 453 g/mol. The summed E-state index contributed by atoms with van der Waals surface area (Å²) < 4.78 is 0. The third-order valence-corrected chi connectivity index (χ3v) is 7.29. The Bertz CT molecular complexity index is 943. The quantitative estimate of drug-likeness (QED) is 0.413. The first-order valence-corrected chi connectivity index (χ1v) is 11.3. The maximum atomic E-state index is 12.7. The van der Waals surface area contributed by atoms with E-state index < -0.39 is 23.3 Å². The molecule has 4 rings (SSSR count). The number of hydrogen-bond acceptors (Lipinski definition) is 9. The van der Waals surface area contributed by atoms with E-state index >= 15 is 0 Å². The van der Waals surface area contributed by atoms with Gasteiger partial charge in [-0.1, -0.05) is 17.8 Å². The monoisotopic (exact) mass is 452 g/mol. The lowest BCUT2D eigenvalue weighted by Crippen LogP contribution is -2.71. The molecule has 0 aromatic carbocycles. The number of thioether (sulfide) groups is 1. The van der Waals surface area contributed by atoms with Crippen molar-refractivity contribution in [1.29, 1.82) is 0 Å². The Hall–Kier alpha value is -2.51. The summed E-state index contributed by atoms with van der Waals surface area (Å²) in [4.78, 5) is 49.1. The highest BCUT2D eigenvalue weighted by Gasteiger charge is 2.54. The number of hydrogen-bond donors (Lipinski definition) is 4. The van der Waals surface area contributed by atoms with Gasteiger partial charge in [0.15, 0.2) is 0 Å². The number of anilines is 1. The van der Waals surface area contributed by atoms with Crippen LogP contribution in [0, 0.1) is 0 Å². The molecular formula is C17H20N6O5S2. The highest BCUT2D eigenvalue weighted by molar-refractivity contribution is 8.00. The van der Waals surface area contributed by atoms with Gasteiger partial charge in [0.2, 0.25) is 16.9 Å². The number of aliphatic carboxylic acids is 1. The fourth-order valence-electron chi connectivity index (χ4n) is 3.40.